The molecule has 5 nitrogen and oxygen atoms in total. The Balaban J connectivity index is 1.94. The Morgan fingerprint density at radius 2 is 2.33 bits per heavy atom. The molecular weight excluding hydrogens is 345 g/mol. The molecule has 6 heteroatoms. The molecule has 1 atom stereocenters. The molecule has 0 radical (unpaired) electrons. The van der Waals surface area contributed by atoms with Crippen LogP contribution in [0.3, 0.4) is 0 Å². The lowest BCUT2D eigenvalue weighted by Gasteiger charge is -2.24. The summed E-state index contributed by atoms with van der Waals surface area (Å²) in [6.45, 7) is 1.96. The zero-order valence-corrected chi connectivity index (χ0v) is 12.1. The molecular formula is C12H16IN3O2. The van der Waals surface area contributed by atoms with Gasteiger partial charge in [0.2, 0.25) is 0 Å². The number of nitrogens with zero attached hydrogens (tertiary/aromatic N) is 1. The van der Waals surface area contributed by atoms with Gasteiger partial charge in [0.25, 0.3) is 5.69 Å². The highest BCUT2D eigenvalue weighted by molar-refractivity contribution is 14.1. The van der Waals surface area contributed by atoms with Gasteiger partial charge in [-0.15, -0.1) is 0 Å². The van der Waals surface area contributed by atoms with Crippen molar-refractivity contribution in [3.05, 3.63) is 31.9 Å². The highest BCUT2D eigenvalue weighted by Gasteiger charge is 2.13. The van der Waals surface area contributed by atoms with E-state index in [4.69, 9.17) is 0 Å². The average molecular weight is 361 g/mol. The van der Waals surface area contributed by atoms with Crippen molar-refractivity contribution in [1.82, 2.24) is 5.32 Å². The third kappa shape index (κ3) is 3.55. The lowest BCUT2D eigenvalue weighted by Crippen LogP contribution is -2.39. The van der Waals surface area contributed by atoms with Crippen LogP contribution in [0, 0.1) is 13.7 Å². The van der Waals surface area contributed by atoms with Gasteiger partial charge in [0.15, 0.2) is 0 Å². The summed E-state index contributed by atoms with van der Waals surface area (Å²) in [6.07, 6.45) is 3.72. The van der Waals surface area contributed by atoms with Crippen LogP contribution in [0.1, 0.15) is 19.3 Å². The zero-order valence-electron chi connectivity index (χ0n) is 9.99. The number of nitro benzene ring substituents is 1. The van der Waals surface area contributed by atoms with Crippen molar-refractivity contribution in [1.29, 1.82) is 0 Å². The smallest absolute Gasteiger partial charge is 0.270 e. The lowest BCUT2D eigenvalue weighted by molar-refractivity contribution is -0.384. The Kier molecular flexibility index (Phi) is 4.76. The molecule has 0 spiro atoms. The molecule has 1 aliphatic rings. The maximum Gasteiger partial charge on any atom is 0.270 e. The highest BCUT2D eigenvalue weighted by atomic mass is 127. The first kappa shape index (κ1) is 13.5. The number of anilines is 1. The van der Waals surface area contributed by atoms with Gasteiger partial charge in [-0.3, -0.25) is 10.1 Å². The first-order chi connectivity index (χ1) is 8.66. The van der Waals surface area contributed by atoms with Gasteiger partial charge in [-0.05, 0) is 48.0 Å². The number of hydrogen-bond donors (Lipinski definition) is 2. The number of rotatable bonds is 4. The fraction of sp³-hybridized carbons (Fsp3) is 0.500. The average Bonchev–Trinajstić information content (AvgIpc) is 2.38. The van der Waals surface area contributed by atoms with E-state index in [0.717, 1.165) is 22.3 Å². The molecule has 0 bridgehead atoms. The van der Waals surface area contributed by atoms with Crippen molar-refractivity contribution < 1.29 is 4.92 Å². The molecule has 1 unspecified atom stereocenters. The van der Waals surface area contributed by atoms with Crippen LogP contribution in [0.15, 0.2) is 18.2 Å². The Labute approximate surface area is 120 Å². The molecule has 1 fully saturated rings. The summed E-state index contributed by atoms with van der Waals surface area (Å²) in [5.74, 6) is 0. The van der Waals surface area contributed by atoms with Gasteiger partial charge in [0.05, 0.1) is 4.92 Å². The van der Waals surface area contributed by atoms with Gasteiger partial charge in [0, 0.05) is 34.0 Å². The van der Waals surface area contributed by atoms with E-state index in [-0.39, 0.29) is 10.6 Å². The number of nitrogens with one attached hydrogen (secondary N) is 2. The van der Waals surface area contributed by atoms with Crippen LogP contribution in [0.25, 0.3) is 0 Å². The monoisotopic (exact) mass is 361 g/mol. The molecule has 1 heterocycles. The summed E-state index contributed by atoms with van der Waals surface area (Å²) in [5.41, 5.74) is 1.11. The van der Waals surface area contributed by atoms with Gasteiger partial charge in [-0.2, -0.15) is 0 Å². The molecule has 0 amide bonds. The second-order valence-corrected chi connectivity index (χ2v) is 5.61. The molecule has 2 N–H and O–H groups in total. The van der Waals surface area contributed by atoms with E-state index in [1.54, 1.807) is 18.2 Å². The van der Waals surface area contributed by atoms with Gasteiger partial charge < -0.3 is 10.6 Å². The number of benzene rings is 1. The summed E-state index contributed by atoms with van der Waals surface area (Å²) >= 11 is 2.13. The van der Waals surface area contributed by atoms with Crippen molar-refractivity contribution >= 4 is 34.0 Å². The fourth-order valence-electron chi connectivity index (χ4n) is 2.09. The van der Waals surface area contributed by atoms with Gasteiger partial charge in [-0.25, -0.2) is 0 Å². The minimum absolute atomic E-state index is 0.140. The summed E-state index contributed by atoms with van der Waals surface area (Å²) in [4.78, 5) is 10.3. The second kappa shape index (κ2) is 6.33. The van der Waals surface area contributed by atoms with Crippen LogP contribution in [-0.2, 0) is 0 Å². The number of piperidine rings is 1. The molecule has 1 aliphatic heterocycles. The summed E-state index contributed by atoms with van der Waals surface area (Å²) in [6, 6.07) is 5.42. The Morgan fingerprint density at radius 1 is 1.50 bits per heavy atom. The predicted octanol–water partition coefficient (Wildman–Crippen LogP) is 2.75. The van der Waals surface area contributed by atoms with Crippen LogP contribution in [0.5, 0.6) is 0 Å². The van der Waals surface area contributed by atoms with E-state index in [0.29, 0.717) is 6.04 Å². The summed E-state index contributed by atoms with van der Waals surface area (Å²) in [7, 11) is 0. The SMILES string of the molecule is O=[N+]([O-])c1ccc(NCC2CCCCN2)c(I)c1. The molecule has 0 aliphatic carbocycles. The van der Waals surface area contributed by atoms with Crippen LogP contribution in [0.4, 0.5) is 11.4 Å². The minimum atomic E-state index is -0.366. The van der Waals surface area contributed by atoms with Crippen LogP contribution in [-0.4, -0.2) is 24.1 Å². The van der Waals surface area contributed by atoms with E-state index < -0.39 is 0 Å². The van der Waals surface area contributed by atoms with Gasteiger partial charge in [-0.1, -0.05) is 6.42 Å². The first-order valence-electron chi connectivity index (χ1n) is 6.08. The second-order valence-electron chi connectivity index (χ2n) is 4.45. The van der Waals surface area contributed by atoms with Crippen LogP contribution >= 0.6 is 22.6 Å². The maximum atomic E-state index is 10.6. The van der Waals surface area contributed by atoms with Crippen molar-refractivity contribution in [2.75, 3.05) is 18.4 Å². The zero-order chi connectivity index (χ0) is 13.0. The van der Waals surface area contributed by atoms with Crippen molar-refractivity contribution in [2.45, 2.75) is 25.3 Å². The van der Waals surface area contributed by atoms with Crippen molar-refractivity contribution in [3.8, 4) is 0 Å². The van der Waals surface area contributed by atoms with E-state index in [1.165, 1.54) is 19.3 Å². The third-order valence-electron chi connectivity index (χ3n) is 3.11. The Hall–Kier alpha value is -0.890. The normalized spacial score (nSPS) is 19.5. The highest BCUT2D eigenvalue weighted by Crippen LogP contribution is 2.23. The van der Waals surface area contributed by atoms with Gasteiger partial charge >= 0.3 is 0 Å². The maximum absolute atomic E-state index is 10.6. The van der Waals surface area contributed by atoms with E-state index in [2.05, 4.69) is 33.2 Å². The summed E-state index contributed by atoms with van der Waals surface area (Å²) in [5, 5.41) is 17.5. The largest absolute Gasteiger partial charge is 0.383 e. The predicted molar refractivity (Wildman–Crippen MR) is 79.9 cm³/mol. The number of nitro groups is 1. The van der Waals surface area contributed by atoms with Gasteiger partial charge in [0.1, 0.15) is 0 Å². The van der Waals surface area contributed by atoms with Crippen molar-refractivity contribution in [2.24, 2.45) is 0 Å². The molecule has 0 aromatic heterocycles. The molecule has 1 aromatic rings. The lowest BCUT2D eigenvalue weighted by atomic mass is 10.1. The molecule has 1 aromatic carbocycles. The first-order valence-corrected chi connectivity index (χ1v) is 7.16. The number of halogens is 1. The molecule has 18 heavy (non-hydrogen) atoms. The molecule has 98 valence electrons. The fourth-order valence-corrected chi connectivity index (χ4v) is 2.78. The van der Waals surface area contributed by atoms with Crippen LogP contribution < -0.4 is 10.6 Å². The van der Waals surface area contributed by atoms with E-state index in [9.17, 15) is 10.1 Å². The number of non-ortho nitro benzene ring substituents is 1. The molecule has 0 saturated carbocycles. The summed E-state index contributed by atoms with van der Waals surface area (Å²) < 4.78 is 0.887. The molecule has 1 saturated heterocycles. The topological polar surface area (TPSA) is 67.2 Å². The van der Waals surface area contributed by atoms with E-state index in [1.807, 2.05) is 0 Å². The Bertz CT molecular complexity index is 433. The number of hydrogen-bond acceptors (Lipinski definition) is 4. The van der Waals surface area contributed by atoms with E-state index >= 15 is 0 Å². The third-order valence-corrected chi connectivity index (χ3v) is 4.01. The Morgan fingerprint density at radius 3 is 2.94 bits per heavy atom. The van der Waals surface area contributed by atoms with Crippen molar-refractivity contribution in [3.63, 3.8) is 0 Å². The standard InChI is InChI=1S/C12H16IN3O2/c13-11-7-10(16(17)18)4-5-12(11)15-8-9-3-1-2-6-14-9/h4-5,7,9,14-15H,1-3,6,8H2. The molecule has 2 rings (SSSR count). The van der Waals surface area contributed by atoms with Crippen LogP contribution in [0.2, 0.25) is 0 Å². The quantitative estimate of drug-likeness (QED) is 0.492. The minimum Gasteiger partial charge on any atom is -0.383 e.